The van der Waals surface area contributed by atoms with Crippen molar-refractivity contribution in [3.05, 3.63) is 33.6 Å². The zero-order valence-corrected chi connectivity index (χ0v) is 14.3. The van der Waals surface area contributed by atoms with E-state index in [1.54, 1.807) is 0 Å². The van der Waals surface area contributed by atoms with Gasteiger partial charge in [-0.15, -0.1) is 0 Å². The lowest BCUT2D eigenvalue weighted by Crippen LogP contribution is -2.38. The van der Waals surface area contributed by atoms with Crippen molar-refractivity contribution in [1.82, 2.24) is 5.32 Å². The van der Waals surface area contributed by atoms with Gasteiger partial charge < -0.3 is 4.74 Å². The third-order valence-electron chi connectivity index (χ3n) is 3.80. The highest BCUT2D eigenvalue weighted by atomic mass is 35.5. The van der Waals surface area contributed by atoms with Gasteiger partial charge in [0, 0.05) is 5.92 Å². The highest BCUT2D eigenvalue weighted by molar-refractivity contribution is 6.36. The van der Waals surface area contributed by atoms with E-state index >= 15 is 0 Å². The Balaban J connectivity index is 1.86. The standard InChI is InChI=1S/C16H16Cl2FNO4/c17-11-7-12(18)13(19)6-10(11)16(23)24-8-14(21)20-15(22)9-4-2-1-3-5-9/h6-7,9H,1-5,8H2,(H,20,21,22). The molecule has 5 nitrogen and oxygen atoms in total. The number of hydrogen-bond acceptors (Lipinski definition) is 4. The minimum absolute atomic E-state index is 0.0925. The van der Waals surface area contributed by atoms with E-state index in [1.165, 1.54) is 0 Å². The molecule has 24 heavy (non-hydrogen) atoms. The van der Waals surface area contributed by atoms with Crippen LogP contribution in [0.2, 0.25) is 10.0 Å². The van der Waals surface area contributed by atoms with Gasteiger partial charge in [-0.2, -0.15) is 0 Å². The zero-order valence-electron chi connectivity index (χ0n) is 12.7. The van der Waals surface area contributed by atoms with E-state index < -0.39 is 24.3 Å². The number of amides is 2. The van der Waals surface area contributed by atoms with E-state index in [2.05, 4.69) is 5.32 Å². The van der Waals surface area contributed by atoms with Gasteiger partial charge in [-0.25, -0.2) is 9.18 Å². The van der Waals surface area contributed by atoms with E-state index in [0.717, 1.165) is 44.2 Å². The molecule has 0 radical (unpaired) electrons. The molecule has 1 aliphatic rings. The van der Waals surface area contributed by atoms with Crippen LogP contribution in [0.5, 0.6) is 0 Å². The minimum atomic E-state index is -0.976. The van der Waals surface area contributed by atoms with Crippen molar-refractivity contribution in [1.29, 1.82) is 0 Å². The maximum atomic E-state index is 13.4. The van der Waals surface area contributed by atoms with Crippen LogP contribution in [-0.2, 0) is 14.3 Å². The van der Waals surface area contributed by atoms with Crippen LogP contribution in [0.15, 0.2) is 12.1 Å². The van der Waals surface area contributed by atoms with Gasteiger partial charge in [0.15, 0.2) is 6.61 Å². The molecule has 2 rings (SSSR count). The van der Waals surface area contributed by atoms with E-state index in [-0.39, 0.29) is 27.4 Å². The molecule has 0 heterocycles. The number of hydrogen-bond donors (Lipinski definition) is 1. The quantitative estimate of drug-likeness (QED) is 0.645. The molecule has 0 aromatic heterocycles. The molecule has 0 bridgehead atoms. The summed E-state index contributed by atoms with van der Waals surface area (Å²) in [5, 5.41) is 1.89. The third kappa shape index (κ3) is 4.92. The first-order valence-corrected chi connectivity index (χ1v) is 8.29. The number of carbonyl (C=O) groups excluding carboxylic acids is 3. The molecule has 8 heteroatoms. The highest BCUT2D eigenvalue weighted by Crippen LogP contribution is 2.25. The Morgan fingerprint density at radius 1 is 1.12 bits per heavy atom. The normalized spacial score (nSPS) is 15.0. The Bertz CT molecular complexity index is 660. The van der Waals surface area contributed by atoms with Gasteiger partial charge >= 0.3 is 5.97 Å². The van der Waals surface area contributed by atoms with Crippen LogP contribution in [-0.4, -0.2) is 24.4 Å². The van der Waals surface area contributed by atoms with Crippen LogP contribution >= 0.6 is 23.2 Å². The summed E-state index contributed by atoms with van der Waals surface area (Å²) in [7, 11) is 0. The molecule has 1 saturated carbocycles. The second-order valence-electron chi connectivity index (χ2n) is 5.57. The van der Waals surface area contributed by atoms with Gasteiger partial charge in [-0.3, -0.25) is 14.9 Å². The molecule has 1 aliphatic carbocycles. The number of nitrogens with one attached hydrogen (secondary N) is 1. The van der Waals surface area contributed by atoms with Crippen LogP contribution in [0.4, 0.5) is 4.39 Å². The molecule has 1 aromatic rings. The van der Waals surface area contributed by atoms with Gasteiger partial charge in [0.25, 0.3) is 5.91 Å². The lowest BCUT2D eigenvalue weighted by molar-refractivity contribution is -0.135. The molecule has 130 valence electrons. The molecular weight excluding hydrogens is 360 g/mol. The molecule has 0 atom stereocenters. The average molecular weight is 376 g/mol. The zero-order chi connectivity index (χ0) is 17.7. The number of rotatable bonds is 4. The summed E-state index contributed by atoms with van der Waals surface area (Å²) in [5.74, 6) is -3.07. The molecule has 1 aromatic carbocycles. The van der Waals surface area contributed by atoms with Crippen LogP contribution in [0.1, 0.15) is 42.5 Å². The Hall–Kier alpha value is -1.66. The predicted molar refractivity (Wildman–Crippen MR) is 86.4 cm³/mol. The SMILES string of the molecule is O=C(COC(=O)c1cc(F)c(Cl)cc1Cl)NC(=O)C1CCCCC1. The Morgan fingerprint density at radius 2 is 1.79 bits per heavy atom. The summed E-state index contributed by atoms with van der Waals surface area (Å²) in [4.78, 5) is 35.4. The van der Waals surface area contributed by atoms with E-state index in [9.17, 15) is 18.8 Å². The molecule has 1 fully saturated rings. The number of esters is 1. The number of benzene rings is 1. The molecule has 0 saturated heterocycles. The number of carbonyl (C=O) groups is 3. The van der Waals surface area contributed by atoms with E-state index in [1.807, 2.05) is 0 Å². The van der Waals surface area contributed by atoms with Gasteiger partial charge in [0.1, 0.15) is 5.82 Å². The van der Waals surface area contributed by atoms with Gasteiger partial charge in [0.2, 0.25) is 5.91 Å². The van der Waals surface area contributed by atoms with Crippen molar-refractivity contribution < 1.29 is 23.5 Å². The second-order valence-corrected chi connectivity index (χ2v) is 6.38. The maximum Gasteiger partial charge on any atom is 0.340 e. The molecule has 0 unspecified atom stereocenters. The first-order chi connectivity index (χ1) is 11.4. The Morgan fingerprint density at radius 3 is 2.46 bits per heavy atom. The lowest BCUT2D eigenvalue weighted by Gasteiger charge is -2.20. The first-order valence-electron chi connectivity index (χ1n) is 7.54. The van der Waals surface area contributed by atoms with E-state index in [4.69, 9.17) is 27.9 Å². The lowest BCUT2D eigenvalue weighted by atomic mass is 9.89. The van der Waals surface area contributed by atoms with Crippen molar-refractivity contribution >= 4 is 41.0 Å². The van der Waals surface area contributed by atoms with Crippen LogP contribution in [0.3, 0.4) is 0 Å². The van der Waals surface area contributed by atoms with Crippen molar-refractivity contribution in [2.24, 2.45) is 5.92 Å². The van der Waals surface area contributed by atoms with Crippen molar-refractivity contribution in [3.8, 4) is 0 Å². The van der Waals surface area contributed by atoms with E-state index in [0.29, 0.717) is 0 Å². The Labute approximate surface area is 148 Å². The van der Waals surface area contributed by atoms with Crippen molar-refractivity contribution in [2.45, 2.75) is 32.1 Å². The third-order valence-corrected chi connectivity index (χ3v) is 4.41. The highest BCUT2D eigenvalue weighted by Gasteiger charge is 2.23. The number of halogens is 3. The molecule has 1 N–H and O–H groups in total. The van der Waals surface area contributed by atoms with Crippen LogP contribution in [0.25, 0.3) is 0 Å². The topological polar surface area (TPSA) is 72.5 Å². The average Bonchev–Trinajstić information content (AvgIpc) is 2.56. The summed E-state index contributed by atoms with van der Waals surface area (Å²) in [6.07, 6.45) is 4.51. The van der Waals surface area contributed by atoms with Gasteiger partial charge in [-0.1, -0.05) is 42.5 Å². The van der Waals surface area contributed by atoms with Crippen molar-refractivity contribution in [3.63, 3.8) is 0 Å². The van der Waals surface area contributed by atoms with Gasteiger partial charge in [0.05, 0.1) is 15.6 Å². The first kappa shape index (κ1) is 18.7. The number of imide groups is 1. The summed E-state index contributed by atoms with van der Waals surface area (Å²) in [6.45, 7) is -0.655. The molecule has 2 amide bonds. The fraction of sp³-hybridized carbons (Fsp3) is 0.438. The second kappa shape index (κ2) is 8.44. The summed E-state index contributed by atoms with van der Waals surface area (Å²) < 4.78 is 18.1. The fourth-order valence-corrected chi connectivity index (χ4v) is 2.99. The largest absolute Gasteiger partial charge is 0.452 e. The predicted octanol–water partition coefficient (Wildman–Crippen LogP) is 3.51. The summed E-state index contributed by atoms with van der Waals surface area (Å²) in [5.41, 5.74) is -0.245. The number of ether oxygens (including phenoxy) is 1. The minimum Gasteiger partial charge on any atom is -0.452 e. The maximum absolute atomic E-state index is 13.4. The Kier molecular flexibility index (Phi) is 6.57. The van der Waals surface area contributed by atoms with Crippen molar-refractivity contribution in [2.75, 3.05) is 6.61 Å². The monoisotopic (exact) mass is 375 g/mol. The fourth-order valence-electron chi connectivity index (χ4n) is 2.53. The summed E-state index contributed by atoms with van der Waals surface area (Å²) in [6, 6.07) is 1.90. The van der Waals surface area contributed by atoms with Gasteiger partial charge in [-0.05, 0) is 25.0 Å². The molecule has 0 spiro atoms. The van der Waals surface area contributed by atoms with Crippen LogP contribution in [0, 0.1) is 11.7 Å². The molecule has 0 aliphatic heterocycles. The smallest absolute Gasteiger partial charge is 0.340 e. The van der Waals surface area contributed by atoms with Crippen LogP contribution < -0.4 is 5.32 Å². The molecular formula is C16H16Cl2FNO4. The summed E-state index contributed by atoms with van der Waals surface area (Å²) >= 11 is 11.3.